The molecule has 0 N–H and O–H groups in total. The van der Waals surface area contributed by atoms with Gasteiger partial charge in [-0.15, -0.1) is 0 Å². The lowest BCUT2D eigenvalue weighted by Crippen LogP contribution is -2.54. The van der Waals surface area contributed by atoms with Gasteiger partial charge in [0.05, 0.1) is 0 Å². The quantitative estimate of drug-likeness (QED) is 0.548. The molecule has 142 valence electrons. The second kappa shape index (κ2) is 5.83. The fraction of sp³-hybridized carbons (Fsp3) is 0.958. The summed E-state index contributed by atoms with van der Waals surface area (Å²) in [6.45, 7) is 12.0. The Morgan fingerprint density at radius 3 is 2.28 bits per heavy atom. The topological polar surface area (TPSA) is 17.1 Å². The minimum Gasteiger partial charge on any atom is -0.300 e. The van der Waals surface area contributed by atoms with Crippen molar-refractivity contribution in [3.63, 3.8) is 0 Å². The number of hydrogen-bond acceptors (Lipinski definition) is 1. The molecule has 0 aliphatic heterocycles. The van der Waals surface area contributed by atoms with Crippen LogP contribution >= 0.6 is 0 Å². The van der Waals surface area contributed by atoms with Crippen molar-refractivity contribution in [2.75, 3.05) is 0 Å². The Hall–Kier alpha value is -0.330. The molecule has 4 fully saturated rings. The van der Waals surface area contributed by atoms with E-state index in [0.29, 0.717) is 27.9 Å². The molecule has 0 spiro atoms. The maximum Gasteiger partial charge on any atom is 0.133 e. The molecule has 4 aliphatic carbocycles. The Morgan fingerprint density at radius 1 is 0.880 bits per heavy atom. The average molecular weight is 345 g/mol. The van der Waals surface area contributed by atoms with Crippen LogP contribution in [0.15, 0.2) is 0 Å². The number of rotatable bonds is 2. The summed E-state index contributed by atoms with van der Waals surface area (Å²) in [5, 5.41) is 0. The van der Waals surface area contributed by atoms with Gasteiger partial charge in [0.1, 0.15) is 5.78 Å². The van der Waals surface area contributed by atoms with Crippen LogP contribution in [0.2, 0.25) is 0 Å². The molecule has 0 radical (unpaired) electrons. The molecule has 25 heavy (non-hydrogen) atoms. The van der Waals surface area contributed by atoms with Crippen molar-refractivity contribution in [3.05, 3.63) is 0 Å². The van der Waals surface area contributed by atoms with Gasteiger partial charge in [-0.2, -0.15) is 0 Å². The predicted octanol–water partition coefficient (Wildman–Crippen LogP) is 6.65. The number of Topliss-reactive ketones (excluding diaryl/α,β-unsaturated/α-hetero) is 1. The van der Waals surface area contributed by atoms with Crippen molar-refractivity contribution < 1.29 is 4.79 Å². The first kappa shape index (κ1) is 18.1. The van der Waals surface area contributed by atoms with E-state index in [0.717, 1.165) is 23.7 Å². The highest BCUT2D eigenvalue weighted by atomic mass is 16.1. The average Bonchev–Trinajstić information content (AvgIpc) is 2.93. The van der Waals surface area contributed by atoms with Crippen molar-refractivity contribution >= 4 is 5.78 Å². The van der Waals surface area contributed by atoms with E-state index in [1.807, 2.05) is 6.92 Å². The Morgan fingerprint density at radius 2 is 1.60 bits per heavy atom. The van der Waals surface area contributed by atoms with Crippen LogP contribution in [-0.2, 0) is 4.79 Å². The zero-order valence-electron chi connectivity index (χ0n) is 17.4. The summed E-state index contributed by atoms with van der Waals surface area (Å²) >= 11 is 0. The second-order valence-corrected chi connectivity index (χ2v) is 11.3. The third kappa shape index (κ3) is 2.50. The van der Waals surface area contributed by atoms with Gasteiger partial charge in [0.25, 0.3) is 0 Å². The van der Waals surface area contributed by atoms with Crippen LogP contribution in [0, 0.1) is 45.8 Å². The molecule has 0 aromatic rings. The minimum absolute atomic E-state index is 0.322. The van der Waals surface area contributed by atoms with Gasteiger partial charge < -0.3 is 0 Å². The number of ketones is 1. The van der Waals surface area contributed by atoms with Crippen LogP contribution in [-0.4, -0.2) is 5.78 Å². The Labute approximate surface area is 155 Å². The van der Waals surface area contributed by atoms with Gasteiger partial charge in [-0.25, -0.2) is 0 Å². The lowest BCUT2D eigenvalue weighted by atomic mass is 9.43. The van der Waals surface area contributed by atoms with Crippen molar-refractivity contribution in [1.82, 2.24) is 0 Å². The predicted molar refractivity (Wildman–Crippen MR) is 104 cm³/mol. The van der Waals surface area contributed by atoms with Crippen molar-refractivity contribution in [3.8, 4) is 0 Å². The summed E-state index contributed by atoms with van der Waals surface area (Å²) in [5.74, 6) is 4.48. The standard InChI is InChI=1S/C24H40O/c1-6-22(3)13-14-23(4)17(15-22)7-8-18-20-10-9-19(16(2)25)24(20,5)12-11-21(18)23/h17-21H,6-15H2,1-5H3/t17-,18?,19+,20-,21-,22+,23-,24+/m0/s1. The molecule has 0 aromatic heterocycles. The molecule has 0 heterocycles. The number of fused-ring (bicyclic) bond motifs is 5. The molecule has 8 atom stereocenters. The highest BCUT2D eigenvalue weighted by molar-refractivity contribution is 5.79. The normalized spacial score (nSPS) is 55.2. The van der Waals surface area contributed by atoms with Crippen LogP contribution in [0.5, 0.6) is 0 Å². The second-order valence-electron chi connectivity index (χ2n) is 11.3. The summed E-state index contributed by atoms with van der Waals surface area (Å²) in [7, 11) is 0. The highest BCUT2D eigenvalue weighted by Gasteiger charge is 2.61. The first-order valence-corrected chi connectivity index (χ1v) is 11.2. The fourth-order valence-electron chi connectivity index (χ4n) is 8.52. The Bertz CT molecular complexity index is 552. The molecule has 1 heteroatoms. The molecule has 1 unspecified atom stereocenters. The minimum atomic E-state index is 0.322. The third-order valence-corrected chi connectivity index (χ3v) is 10.4. The van der Waals surface area contributed by atoms with E-state index in [1.165, 1.54) is 64.2 Å². The van der Waals surface area contributed by atoms with Gasteiger partial charge in [0, 0.05) is 5.92 Å². The molecule has 0 bridgehead atoms. The van der Waals surface area contributed by atoms with Gasteiger partial charge in [0.15, 0.2) is 0 Å². The van der Waals surface area contributed by atoms with Crippen LogP contribution in [0.1, 0.15) is 98.8 Å². The van der Waals surface area contributed by atoms with Crippen LogP contribution in [0.3, 0.4) is 0 Å². The van der Waals surface area contributed by atoms with Crippen molar-refractivity contribution in [2.24, 2.45) is 45.8 Å². The summed E-state index contributed by atoms with van der Waals surface area (Å²) < 4.78 is 0. The molecule has 4 aliphatic rings. The lowest BCUT2D eigenvalue weighted by molar-refractivity contribution is -0.139. The maximum absolute atomic E-state index is 12.3. The van der Waals surface area contributed by atoms with E-state index in [4.69, 9.17) is 0 Å². The van der Waals surface area contributed by atoms with E-state index in [-0.39, 0.29) is 0 Å². The Kier molecular flexibility index (Phi) is 4.21. The molecule has 0 saturated heterocycles. The molecule has 0 aromatic carbocycles. The summed E-state index contributed by atoms with van der Waals surface area (Å²) in [5.41, 5.74) is 1.52. The Balaban J connectivity index is 1.59. The van der Waals surface area contributed by atoms with Gasteiger partial charge in [-0.1, -0.05) is 34.1 Å². The molecule has 1 nitrogen and oxygen atoms in total. The SMILES string of the molecule is CC[C@]1(C)CC[C@@]2(C)[C@@H](CCC3[C@@H]2CC[C@]2(C)[C@@H](C(C)=O)CC[C@@H]32)C1. The zero-order chi connectivity index (χ0) is 18.0. The molecule has 0 amide bonds. The van der Waals surface area contributed by atoms with Gasteiger partial charge in [0.2, 0.25) is 0 Å². The van der Waals surface area contributed by atoms with Crippen LogP contribution in [0.4, 0.5) is 0 Å². The molecule has 4 rings (SSSR count). The van der Waals surface area contributed by atoms with E-state index in [9.17, 15) is 4.79 Å². The fourth-order valence-corrected chi connectivity index (χ4v) is 8.52. The summed E-state index contributed by atoms with van der Waals surface area (Å²) in [6.07, 6.45) is 13.9. The third-order valence-electron chi connectivity index (χ3n) is 10.4. The van der Waals surface area contributed by atoms with Crippen LogP contribution < -0.4 is 0 Å². The van der Waals surface area contributed by atoms with E-state index in [2.05, 4.69) is 27.7 Å². The van der Waals surface area contributed by atoms with Crippen LogP contribution in [0.25, 0.3) is 0 Å². The van der Waals surface area contributed by atoms with Crippen molar-refractivity contribution in [2.45, 2.75) is 98.8 Å². The number of carbonyl (C=O) groups excluding carboxylic acids is 1. The zero-order valence-corrected chi connectivity index (χ0v) is 17.4. The number of carbonyl (C=O) groups is 1. The van der Waals surface area contributed by atoms with Gasteiger partial charge >= 0.3 is 0 Å². The van der Waals surface area contributed by atoms with E-state index < -0.39 is 0 Å². The first-order chi connectivity index (χ1) is 11.7. The molecular weight excluding hydrogens is 304 g/mol. The lowest BCUT2D eigenvalue weighted by Gasteiger charge is -2.62. The van der Waals surface area contributed by atoms with Gasteiger partial charge in [-0.3, -0.25) is 4.79 Å². The van der Waals surface area contributed by atoms with E-state index in [1.54, 1.807) is 0 Å². The highest BCUT2D eigenvalue weighted by Crippen LogP contribution is 2.68. The maximum atomic E-state index is 12.3. The molecular formula is C24H40O. The number of hydrogen-bond donors (Lipinski definition) is 0. The monoisotopic (exact) mass is 344 g/mol. The summed E-state index contributed by atoms with van der Waals surface area (Å²) in [4.78, 5) is 12.3. The summed E-state index contributed by atoms with van der Waals surface area (Å²) in [6, 6.07) is 0. The molecule has 4 saturated carbocycles. The van der Waals surface area contributed by atoms with Crippen molar-refractivity contribution in [1.29, 1.82) is 0 Å². The largest absolute Gasteiger partial charge is 0.300 e. The van der Waals surface area contributed by atoms with Gasteiger partial charge in [-0.05, 0) is 105 Å². The smallest absolute Gasteiger partial charge is 0.133 e. The van der Waals surface area contributed by atoms with E-state index >= 15 is 0 Å². The first-order valence-electron chi connectivity index (χ1n) is 11.2.